The van der Waals surface area contributed by atoms with Gasteiger partial charge in [-0.05, 0) is 22.3 Å². The van der Waals surface area contributed by atoms with Crippen molar-refractivity contribution < 1.29 is 30.0 Å². The van der Waals surface area contributed by atoms with Gasteiger partial charge in [0.1, 0.15) is 11.2 Å². The Labute approximate surface area is 239 Å². The summed E-state index contributed by atoms with van der Waals surface area (Å²) in [5.74, 6) is -3.63. The van der Waals surface area contributed by atoms with E-state index < -0.39 is 34.6 Å². The monoisotopic (exact) mass is 553 g/mol. The fourth-order valence-electron chi connectivity index (χ4n) is 6.15. The van der Waals surface area contributed by atoms with Gasteiger partial charge in [-0.15, -0.1) is 0 Å². The van der Waals surface area contributed by atoms with E-state index in [1.54, 1.807) is 103 Å². The minimum absolute atomic E-state index is 0.288. The van der Waals surface area contributed by atoms with Gasteiger partial charge in [0.2, 0.25) is 11.7 Å². The molecule has 0 saturated carbocycles. The van der Waals surface area contributed by atoms with Gasteiger partial charge in [-0.1, -0.05) is 121 Å². The smallest absolute Gasteiger partial charge is 0.249 e. The van der Waals surface area contributed by atoms with E-state index in [4.69, 9.17) is 10.5 Å². The van der Waals surface area contributed by atoms with Crippen molar-refractivity contribution in [2.75, 3.05) is 0 Å². The van der Waals surface area contributed by atoms with Gasteiger partial charge in [-0.2, -0.15) is 0 Å². The lowest BCUT2D eigenvalue weighted by molar-refractivity contribution is -0.430. The molecule has 5 rings (SSSR count). The molecule has 0 radical (unpaired) electrons. The molecule has 7 nitrogen and oxygen atoms in total. The average molecular weight is 554 g/mol. The summed E-state index contributed by atoms with van der Waals surface area (Å²) in [6, 6.07) is 35.3. The van der Waals surface area contributed by atoms with E-state index in [9.17, 15) is 25.2 Å². The van der Waals surface area contributed by atoms with Crippen LogP contribution >= 0.6 is 0 Å². The van der Waals surface area contributed by atoms with Crippen LogP contribution in [0, 0.1) is 0 Å². The minimum atomic E-state index is -2.55. The molecule has 0 aromatic heterocycles. The van der Waals surface area contributed by atoms with E-state index in [1.165, 1.54) is 0 Å². The number of benzene rings is 4. The third-order valence-electron chi connectivity index (χ3n) is 8.26. The summed E-state index contributed by atoms with van der Waals surface area (Å²) in [6.07, 6.45) is -3.07. The van der Waals surface area contributed by atoms with Gasteiger partial charge in [-0.25, -0.2) is 0 Å². The predicted octanol–water partition coefficient (Wildman–Crippen LogP) is 2.72. The van der Waals surface area contributed by atoms with Crippen LogP contribution in [0.2, 0.25) is 0 Å². The summed E-state index contributed by atoms with van der Waals surface area (Å²) in [4.78, 5) is 13.0. The number of rotatable bonds is 9. The van der Waals surface area contributed by atoms with Crippen molar-refractivity contribution in [3.8, 4) is 0 Å². The summed E-state index contributed by atoms with van der Waals surface area (Å²) >= 11 is 0. The summed E-state index contributed by atoms with van der Waals surface area (Å²) in [7, 11) is 0. The Kier molecular flexibility index (Phi) is 7.83. The highest BCUT2D eigenvalue weighted by Crippen LogP contribution is 2.53. The summed E-state index contributed by atoms with van der Waals surface area (Å²) < 4.78 is 6.07. The van der Waals surface area contributed by atoms with Gasteiger partial charge in [0.15, 0.2) is 11.7 Å². The summed E-state index contributed by atoms with van der Waals surface area (Å²) in [6.45, 7) is 0. The molecule has 0 aliphatic carbocycles. The zero-order valence-corrected chi connectivity index (χ0v) is 22.6. The third kappa shape index (κ3) is 5.19. The number of nitrogens with two attached hydrogens (primary N) is 1. The van der Waals surface area contributed by atoms with Crippen molar-refractivity contribution in [2.45, 2.75) is 54.4 Å². The first-order chi connectivity index (χ1) is 19.6. The van der Waals surface area contributed by atoms with E-state index in [-0.39, 0.29) is 25.7 Å². The summed E-state index contributed by atoms with van der Waals surface area (Å²) in [5.41, 5.74) is 0.605. The molecule has 0 unspecified atom stereocenters. The Morgan fingerprint density at radius 2 is 0.902 bits per heavy atom. The van der Waals surface area contributed by atoms with Crippen LogP contribution in [0.3, 0.4) is 0 Å². The molecule has 212 valence electrons. The van der Waals surface area contributed by atoms with Crippen LogP contribution in [0.25, 0.3) is 0 Å². The molecule has 4 aromatic carbocycles. The van der Waals surface area contributed by atoms with Gasteiger partial charge in [-0.3, -0.25) is 4.79 Å². The first kappa shape index (κ1) is 28.7. The minimum Gasteiger partial charge on any atom is -0.383 e. The van der Waals surface area contributed by atoms with Crippen molar-refractivity contribution in [1.29, 1.82) is 0 Å². The van der Waals surface area contributed by atoms with Crippen LogP contribution < -0.4 is 5.73 Å². The Morgan fingerprint density at radius 3 is 1.29 bits per heavy atom. The zero-order chi connectivity index (χ0) is 29.1. The fourth-order valence-corrected chi connectivity index (χ4v) is 6.15. The zero-order valence-electron chi connectivity index (χ0n) is 22.6. The van der Waals surface area contributed by atoms with Crippen molar-refractivity contribution >= 4 is 5.91 Å². The normalized spacial score (nSPS) is 29.6. The topological polar surface area (TPSA) is 133 Å². The average Bonchev–Trinajstić information content (AvgIpc) is 2.97. The second-order valence-electron chi connectivity index (χ2n) is 11.0. The Morgan fingerprint density at radius 1 is 0.561 bits per heavy atom. The number of carbonyl (C=O) groups excluding carboxylic acids is 1. The van der Waals surface area contributed by atoms with Gasteiger partial charge in [0, 0.05) is 25.7 Å². The van der Waals surface area contributed by atoms with Crippen LogP contribution in [0.15, 0.2) is 121 Å². The number of hydrogen-bond acceptors (Lipinski definition) is 6. The summed E-state index contributed by atoms with van der Waals surface area (Å²) in [5, 5.41) is 50.8. The Balaban J connectivity index is 1.77. The number of amides is 1. The molecule has 4 aromatic rings. The number of aliphatic hydroxyl groups is 4. The van der Waals surface area contributed by atoms with Crippen molar-refractivity contribution in [2.24, 2.45) is 5.73 Å². The largest absolute Gasteiger partial charge is 0.383 e. The van der Waals surface area contributed by atoms with Crippen LogP contribution in [-0.4, -0.2) is 55.0 Å². The van der Waals surface area contributed by atoms with Crippen LogP contribution in [0.1, 0.15) is 22.3 Å². The van der Waals surface area contributed by atoms with E-state index in [1.807, 2.05) is 18.2 Å². The van der Waals surface area contributed by atoms with E-state index in [2.05, 4.69) is 0 Å². The lowest BCUT2D eigenvalue weighted by atomic mass is 9.56. The third-order valence-corrected chi connectivity index (χ3v) is 8.26. The molecule has 0 bridgehead atoms. The van der Waals surface area contributed by atoms with Crippen LogP contribution in [-0.2, 0) is 35.2 Å². The highest BCUT2D eigenvalue weighted by Gasteiger charge is 2.77. The second-order valence-corrected chi connectivity index (χ2v) is 11.0. The molecule has 1 aliphatic heterocycles. The highest BCUT2D eigenvalue weighted by molar-refractivity contribution is 5.81. The molecular weight excluding hydrogens is 518 g/mol. The van der Waals surface area contributed by atoms with Crippen molar-refractivity contribution in [3.05, 3.63) is 144 Å². The van der Waals surface area contributed by atoms with Gasteiger partial charge >= 0.3 is 0 Å². The maximum atomic E-state index is 13.0. The number of hydrogen-bond donors (Lipinski definition) is 5. The standard InChI is InChI=1S/C34H35NO6/c35-30(36)29-31(37,21-25-13-5-1-6-14-25)32(38,22-26-15-7-2-8-16-26)33(39,23-27-17-9-3-10-18-27)34(40,41-29)24-28-19-11-4-12-20-28/h1-20,29,37-40H,21-24H2,(H2,35,36)/t29-,31-,32+,33-,34-/m1/s1. The molecular formula is C34H35NO6. The van der Waals surface area contributed by atoms with Crippen LogP contribution in [0.4, 0.5) is 0 Å². The molecule has 1 amide bonds. The van der Waals surface area contributed by atoms with Gasteiger partial charge in [0.25, 0.3) is 0 Å². The lowest BCUT2D eigenvalue weighted by Crippen LogP contribution is -2.87. The molecule has 0 spiro atoms. The number of ether oxygens (including phenoxy) is 1. The molecule has 1 heterocycles. The van der Waals surface area contributed by atoms with E-state index in [0.717, 1.165) is 0 Å². The maximum Gasteiger partial charge on any atom is 0.249 e. The van der Waals surface area contributed by atoms with E-state index >= 15 is 0 Å². The Hall–Kier alpha value is -3.85. The quantitative estimate of drug-likeness (QED) is 0.217. The molecule has 1 aliphatic rings. The second kappa shape index (κ2) is 11.2. The first-order valence-electron chi connectivity index (χ1n) is 13.6. The lowest BCUT2D eigenvalue weighted by Gasteiger charge is -2.63. The maximum absolute atomic E-state index is 13.0. The fraction of sp³-hybridized carbons (Fsp3) is 0.265. The molecule has 1 fully saturated rings. The molecule has 6 N–H and O–H groups in total. The SMILES string of the molecule is NC(=O)[C@H]1O[C@](O)(Cc2ccccc2)[C@@](O)(Cc2ccccc2)[C@](O)(Cc2ccccc2)[C@@]1(O)Cc1ccccc1. The highest BCUT2D eigenvalue weighted by atomic mass is 16.7. The number of primary amides is 1. The molecule has 41 heavy (non-hydrogen) atoms. The number of carbonyl (C=O) groups is 1. The predicted molar refractivity (Wildman–Crippen MR) is 154 cm³/mol. The molecule has 7 heteroatoms. The van der Waals surface area contributed by atoms with Crippen molar-refractivity contribution in [1.82, 2.24) is 0 Å². The molecule has 5 atom stereocenters. The van der Waals surface area contributed by atoms with Gasteiger partial charge in [0.05, 0.1) is 0 Å². The van der Waals surface area contributed by atoms with Gasteiger partial charge < -0.3 is 30.9 Å². The van der Waals surface area contributed by atoms with Crippen LogP contribution in [0.5, 0.6) is 0 Å². The van der Waals surface area contributed by atoms with Crippen molar-refractivity contribution in [3.63, 3.8) is 0 Å². The Bertz CT molecular complexity index is 1450. The first-order valence-corrected chi connectivity index (χ1v) is 13.6. The van der Waals surface area contributed by atoms with E-state index in [0.29, 0.717) is 22.3 Å². The molecule has 1 saturated heterocycles.